The van der Waals surface area contributed by atoms with Gasteiger partial charge in [0.25, 0.3) is 0 Å². The van der Waals surface area contributed by atoms with E-state index in [4.69, 9.17) is 4.74 Å². The van der Waals surface area contributed by atoms with Crippen molar-refractivity contribution in [3.05, 3.63) is 17.5 Å². The number of carbonyl (C=O) groups excluding carboxylic acids is 1. The highest BCUT2D eigenvalue weighted by atomic mass is 16.5. The Bertz CT molecular complexity index is 444. The second kappa shape index (κ2) is 6.16. The number of piperazine rings is 1. The lowest BCUT2D eigenvalue weighted by Crippen LogP contribution is -2.54. The largest absolute Gasteiger partial charge is 0.465 e. The Morgan fingerprint density at radius 2 is 2.42 bits per heavy atom. The highest BCUT2D eigenvalue weighted by Crippen LogP contribution is 2.13. The van der Waals surface area contributed by atoms with Gasteiger partial charge in [-0.2, -0.15) is 5.10 Å². The average molecular weight is 266 g/mol. The third-order valence-electron chi connectivity index (χ3n) is 3.40. The van der Waals surface area contributed by atoms with Gasteiger partial charge in [-0.05, 0) is 13.8 Å². The molecule has 0 spiro atoms. The second-order valence-corrected chi connectivity index (χ2v) is 4.86. The minimum absolute atomic E-state index is 0.142. The third-order valence-corrected chi connectivity index (χ3v) is 3.40. The lowest BCUT2D eigenvalue weighted by molar-refractivity contribution is -0.150. The van der Waals surface area contributed by atoms with E-state index >= 15 is 0 Å². The molecule has 6 heteroatoms. The fourth-order valence-electron chi connectivity index (χ4n) is 2.43. The van der Waals surface area contributed by atoms with Gasteiger partial charge in [0, 0.05) is 45.0 Å². The van der Waals surface area contributed by atoms with Crippen LogP contribution in [-0.2, 0) is 23.1 Å². The maximum absolute atomic E-state index is 12.0. The van der Waals surface area contributed by atoms with E-state index in [1.165, 1.54) is 5.56 Å². The lowest BCUT2D eigenvalue weighted by Gasteiger charge is -2.34. The van der Waals surface area contributed by atoms with Crippen molar-refractivity contribution in [3.8, 4) is 0 Å². The van der Waals surface area contributed by atoms with Crippen LogP contribution in [0.5, 0.6) is 0 Å². The number of nitrogens with zero attached hydrogens (tertiary/aromatic N) is 3. The van der Waals surface area contributed by atoms with Crippen LogP contribution >= 0.6 is 0 Å². The zero-order valence-corrected chi connectivity index (χ0v) is 11.8. The number of aryl methyl sites for hydroxylation is 2. The van der Waals surface area contributed by atoms with Crippen molar-refractivity contribution in [1.29, 1.82) is 0 Å². The zero-order chi connectivity index (χ0) is 13.8. The molecule has 0 amide bonds. The van der Waals surface area contributed by atoms with Crippen molar-refractivity contribution >= 4 is 5.97 Å². The summed E-state index contributed by atoms with van der Waals surface area (Å²) in [6, 6.07) is -0.201. The van der Waals surface area contributed by atoms with E-state index in [0.717, 1.165) is 25.3 Å². The zero-order valence-electron chi connectivity index (χ0n) is 11.8. The van der Waals surface area contributed by atoms with Gasteiger partial charge in [-0.1, -0.05) is 0 Å². The molecule has 1 fully saturated rings. The van der Waals surface area contributed by atoms with Crippen molar-refractivity contribution in [3.63, 3.8) is 0 Å². The summed E-state index contributed by atoms with van der Waals surface area (Å²) in [6.45, 7) is 7.39. The Labute approximate surface area is 113 Å². The van der Waals surface area contributed by atoms with Gasteiger partial charge < -0.3 is 10.1 Å². The molecule has 1 N–H and O–H groups in total. The molecular weight excluding hydrogens is 244 g/mol. The maximum Gasteiger partial charge on any atom is 0.324 e. The number of ether oxygens (including phenoxy) is 1. The lowest BCUT2D eigenvalue weighted by atomic mass is 10.1. The van der Waals surface area contributed by atoms with Gasteiger partial charge in [0.15, 0.2) is 0 Å². The first-order valence-electron chi connectivity index (χ1n) is 6.72. The minimum Gasteiger partial charge on any atom is -0.465 e. The number of hydrogen-bond acceptors (Lipinski definition) is 5. The van der Waals surface area contributed by atoms with E-state index in [1.54, 1.807) is 0 Å². The molecule has 0 bridgehead atoms. The van der Waals surface area contributed by atoms with Gasteiger partial charge in [-0.25, -0.2) is 0 Å². The summed E-state index contributed by atoms with van der Waals surface area (Å²) < 4.78 is 6.96. The minimum atomic E-state index is -0.201. The van der Waals surface area contributed by atoms with Crippen LogP contribution in [0.15, 0.2) is 6.20 Å². The highest BCUT2D eigenvalue weighted by Gasteiger charge is 2.30. The van der Waals surface area contributed by atoms with Crippen LogP contribution in [0.25, 0.3) is 0 Å². The van der Waals surface area contributed by atoms with E-state index in [9.17, 15) is 4.79 Å². The fourth-order valence-corrected chi connectivity index (χ4v) is 2.43. The summed E-state index contributed by atoms with van der Waals surface area (Å²) in [5.74, 6) is -0.142. The molecule has 6 nitrogen and oxygen atoms in total. The normalized spacial score (nSPS) is 20.5. The van der Waals surface area contributed by atoms with Crippen molar-refractivity contribution in [2.24, 2.45) is 7.05 Å². The Balaban J connectivity index is 2.07. The topological polar surface area (TPSA) is 59.4 Å². The van der Waals surface area contributed by atoms with Gasteiger partial charge in [0.05, 0.1) is 12.3 Å². The average Bonchev–Trinajstić information content (AvgIpc) is 2.69. The molecule has 2 rings (SSSR count). The summed E-state index contributed by atoms with van der Waals surface area (Å²) in [5, 5.41) is 7.59. The molecule has 1 aromatic rings. The van der Waals surface area contributed by atoms with Crippen LogP contribution in [-0.4, -0.2) is 52.9 Å². The molecule has 19 heavy (non-hydrogen) atoms. The molecule has 1 unspecified atom stereocenters. The molecular formula is C13H22N4O2. The Hall–Kier alpha value is -1.40. The smallest absolute Gasteiger partial charge is 0.324 e. The van der Waals surface area contributed by atoms with Crippen LogP contribution in [0.1, 0.15) is 18.2 Å². The Morgan fingerprint density at radius 1 is 1.63 bits per heavy atom. The third kappa shape index (κ3) is 3.33. The SMILES string of the molecule is CCOC(=O)C1CNCCN1Cc1cn(C)nc1C. The highest BCUT2D eigenvalue weighted by molar-refractivity contribution is 5.76. The molecule has 0 saturated carbocycles. The first kappa shape index (κ1) is 14.0. The Kier molecular flexibility index (Phi) is 4.55. The van der Waals surface area contributed by atoms with E-state index in [-0.39, 0.29) is 12.0 Å². The molecule has 1 saturated heterocycles. The number of esters is 1. The first-order valence-corrected chi connectivity index (χ1v) is 6.72. The summed E-state index contributed by atoms with van der Waals surface area (Å²) in [5.41, 5.74) is 2.18. The summed E-state index contributed by atoms with van der Waals surface area (Å²) in [7, 11) is 1.91. The quantitative estimate of drug-likeness (QED) is 0.781. The van der Waals surface area contributed by atoms with Gasteiger partial charge in [0.2, 0.25) is 0 Å². The van der Waals surface area contributed by atoms with Crippen molar-refractivity contribution in [2.45, 2.75) is 26.4 Å². The molecule has 0 aromatic carbocycles. The Morgan fingerprint density at radius 3 is 3.05 bits per heavy atom. The number of aromatic nitrogens is 2. The van der Waals surface area contributed by atoms with E-state index in [0.29, 0.717) is 13.2 Å². The summed E-state index contributed by atoms with van der Waals surface area (Å²) >= 11 is 0. The molecule has 0 radical (unpaired) electrons. The van der Waals surface area contributed by atoms with Crippen LogP contribution in [0, 0.1) is 6.92 Å². The predicted molar refractivity (Wildman–Crippen MR) is 71.6 cm³/mol. The van der Waals surface area contributed by atoms with Crippen LogP contribution < -0.4 is 5.32 Å². The molecule has 0 aliphatic carbocycles. The number of rotatable bonds is 4. The number of hydrogen-bond donors (Lipinski definition) is 1. The predicted octanol–water partition coefficient (Wildman–Crippen LogP) is 0.0654. The van der Waals surface area contributed by atoms with Crippen molar-refractivity contribution in [2.75, 3.05) is 26.2 Å². The monoisotopic (exact) mass is 266 g/mol. The van der Waals surface area contributed by atoms with Gasteiger partial charge in [0.1, 0.15) is 6.04 Å². The fraction of sp³-hybridized carbons (Fsp3) is 0.692. The number of nitrogens with one attached hydrogen (secondary N) is 1. The molecule has 1 atom stereocenters. The molecule has 1 aromatic heterocycles. The van der Waals surface area contributed by atoms with E-state index in [1.807, 2.05) is 31.8 Å². The van der Waals surface area contributed by atoms with Crippen LogP contribution in [0.3, 0.4) is 0 Å². The van der Waals surface area contributed by atoms with E-state index in [2.05, 4.69) is 15.3 Å². The van der Waals surface area contributed by atoms with Crippen molar-refractivity contribution in [1.82, 2.24) is 20.0 Å². The first-order chi connectivity index (χ1) is 9.11. The standard InChI is InChI=1S/C13H22N4O2/c1-4-19-13(18)12-7-14-5-6-17(12)9-11-8-16(3)15-10(11)2/h8,12,14H,4-7,9H2,1-3H3. The van der Waals surface area contributed by atoms with Gasteiger partial charge in [-0.15, -0.1) is 0 Å². The van der Waals surface area contributed by atoms with Crippen LogP contribution in [0.2, 0.25) is 0 Å². The second-order valence-electron chi connectivity index (χ2n) is 4.86. The van der Waals surface area contributed by atoms with Crippen molar-refractivity contribution < 1.29 is 9.53 Å². The van der Waals surface area contributed by atoms with Gasteiger partial charge >= 0.3 is 5.97 Å². The molecule has 1 aliphatic rings. The maximum atomic E-state index is 12.0. The van der Waals surface area contributed by atoms with Crippen LogP contribution in [0.4, 0.5) is 0 Å². The van der Waals surface area contributed by atoms with Gasteiger partial charge in [-0.3, -0.25) is 14.4 Å². The summed E-state index contributed by atoms with van der Waals surface area (Å²) in [4.78, 5) is 14.1. The molecule has 106 valence electrons. The summed E-state index contributed by atoms with van der Waals surface area (Å²) in [6.07, 6.45) is 2.01. The molecule has 1 aliphatic heterocycles. The van der Waals surface area contributed by atoms with E-state index < -0.39 is 0 Å². The number of carbonyl (C=O) groups is 1. The molecule has 2 heterocycles.